The van der Waals surface area contributed by atoms with Gasteiger partial charge in [-0.2, -0.15) is 0 Å². The first kappa shape index (κ1) is 14.7. The number of nitrogens with one attached hydrogen (secondary N) is 1. The number of methoxy groups -OCH3 is 1. The lowest BCUT2D eigenvalue weighted by Crippen LogP contribution is -2.04. The van der Waals surface area contributed by atoms with E-state index in [1.54, 1.807) is 37.4 Å². The molecule has 1 N–H and O–H groups in total. The molecular weight excluding hydrogens is 274 g/mol. The Morgan fingerprint density at radius 2 is 2.00 bits per heavy atom. The normalized spacial score (nSPS) is 10.1. The van der Waals surface area contributed by atoms with Crippen molar-refractivity contribution in [2.45, 2.75) is 0 Å². The summed E-state index contributed by atoms with van der Waals surface area (Å²) in [5.41, 5.74) is 1.05. The smallest absolute Gasteiger partial charge is 0.310 e. The first-order chi connectivity index (χ1) is 10.2. The average molecular weight is 289 g/mol. The summed E-state index contributed by atoms with van der Waals surface area (Å²) in [6, 6.07) is 8.69. The first-order valence-corrected chi connectivity index (χ1v) is 6.28. The topological polar surface area (TPSA) is 86.5 Å². The number of rotatable bonds is 7. The third-order valence-electron chi connectivity index (χ3n) is 2.69. The molecule has 0 saturated carbocycles. The van der Waals surface area contributed by atoms with E-state index in [0.717, 1.165) is 5.69 Å². The zero-order chi connectivity index (χ0) is 15.1. The Balaban J connectivity index is 2.05. The van der Waals surface area contributed by atoms with Gasteiger partial charge in [0.25, 0.3) is 0 Å². The largest absolute Gasteiger partial charge is 0.491 e. The molecule has 0 aliphatic rings. The molecule has 21 heavy (non-hydrogen) atoms. The fourth-order valence-electron chi connectivity index (χ4n) is 1.67. The van der Waals surface area contributed by atoms with Gasteiger partial charge in [0.05, 0.1) is 11.5 Å². The Bertz CT molecular complexity index is 601. The van der Waals surface area contributed by atoms with Crippen LogP contribution in [0.4, 0.5) is 17.1 Å². The maximum Gasteiger partial charge on any atom is 0.310 e. The fraction of sp³-hybridized carbons (Fsp3) is 0.214. The molecule has 0 aliphatic carbocycles. The van der Waals surface area contributed by atoms with Crippen LogP contribution in [0.1, 0.15) is 0 Å². The van der Waals surface area contributed by atoms with E-state index < -0.39 is 4.92 Å². The second kappa shape index (κ2) is 7.20. The van der Waals surface area contributed by atoms with E-state index in [1.807, 2.05) is 0 Å². The Morgan fingerprint density at radius 3 is 2.67 bits per heavy atom. The van der Waals surface area contributed by atoms with Gasteiger partial charge in [-0.05, 0) is 30.3 Å². The summed E-state index contributed by atoms with van der Waals surface area (Å²) in [5.74, 6) is 0.710. The molecule has 0 aliphatic heterocycles. The van der Waals surface area contributed by atoms with Gasteiger partial charge in [0, 0.05) is 19.0 Å². The van der Waals surface area contributed by atoms with E-state index in [0.29, 0.717) is 24.7 Å². The van der Waals surface area contributed by atoms with Crippen LogP contribution in [0.5, 0.6) is 5.75 Å². The van der Waals surface area contributed by atoms with Crippen LogP contribution in [0.15, 0.2) is 42.7 Å². The lowest BCUT2D eigenvalue weighted by atomic mass is 10.2. The van der Waals surface area contributed by atoms with Crippen molar-refractivity contribution >= 4 is 17.1 Å². The summed E-state index contributed by atoms with van der Waals surface area (Å²) in [5, 5.41) is 13.9. The number of anilines is 2. The maximum absolute atomic E-state index is 10.9. The summed E-state index contributed by atoms with van der Waals surface area (Å²) in [4.78, 5) is 14.2. The van der Waals surface area contributed by atoms with Crippen molar-refractivity contribution in [1.29, 1.82) is 0 Å². The van der Waals surface area contributed by atoms with E-state index in [4.69, 9.17) is 9.47 Å². The van der Waals surface area contributed by atoms with Crippen LogP contribution >= 0.6 is 0 Å². The van der Waals surface area contributed by atoms with Gasteiger partial charge in [0.1, 0.15) is 24.2 Å². The minimum atomic E-state index is -0.475. The molecule has 0 fully saturated rings. The minimum absolute atomic E-state index is 0.0714. The number of benzene rings is 1. The Labute approximate surface area is 121 Å². The molecule has 2 rings (SSSR count). The summed E-state index contributed by atoms with van der Waals surface area (Å²) in [7, 11) is 1.61. The van der Waals surface area contributed by atoms with Gasteiger partial charge < -0.3 is 14.8 Å². The zero-order valence-electron chi connectivity index (χ0n) is 11.5. The van der Waals surface area contributed by atoms with Gasteiger partial charge in [0.2, 0.25) is 0 Å². The van der Waals surface area contributed by atoms with E-state index in [-0.39, 0.29) is 5.69 Å². The number of nitro groups is 1. The predicted octanol–water partition coefficient (Wildman–Crippen LogP) is 2.76. The molecule has 2 aromatic rings. The Morgan fingerprint density at radius 1 is 1.24 bits per heavy atom. The molecule has 0 spiro atoms. The van der Waals surface area contributed by atoms with Crippen LogP contribution in [0.25, 0.3) is 0 Å². The van der Waals surface area contributed by atoms with Gasteiger partial charge in [-0.25, -0.2) is 0 Å². The molecule has 0 atom stereocenters. The summed E-state index contributed by atoms with van der Waals surface area (Å²) < 4.78 is 10.3. The van der Waals surface area contributed by atoms with E-state index in [2.05, 4.69) is 10.3 Å². The molecule has 0 saturated heterocycles. The monoisotopic (exact) mass is 289 g/mol. The molecule has 110 valence electrons. The average Bonchev–Trinajstić information content (AvgIpc) is 2.50. The molecule has 1 aromatic heterocycles. The number of nitrogens with zero attached hydrogens (tertiary/aromatic N) is 2. The van der Waals surface area contributed by atoms with Crippen LogP contribution in [0.3, 0.4) is 0 Å². The van der Waals surface area contributed by atoms with Crippen molar-refractivity contribution in [3.05, 3.63) is 52.8 Å². The third-order valence-corrected chi connectivity index (χ3v) is 2.69. The van der Waals surface area contributed by atoms with Crippen LogP contribution in [0, 0.1) is 10.1 Å². The number of hydrogen-bond donors (Lipinski definition) is 1. The van der Waals surface area contributed by atoms with Crippen molar-refractivity contribution in [3.8, 4) is 5.75 Å². The molecule has 0 radical (unpaired) electrons. The number of aromatic nitrogens is 1. The molecule has 0 amide bonds. The molecule has 1 heterocycles. The van der Waals surface area contributed by atoms with Crippen molar-refractivity contribution in [2.75, 3.05) is 25.6 Å². The van der Waals surface area contributed by atoms with Crippen LogP contribution in [-0.2, 0) is 4.74 Å². The van der Waals surface area contributed by atoms with Gasteiger partial charge in [0.15, 0.2) is 0 Å². The first-order valence-electron chi connectivity index (χ1n) is 6.28. The lowest BCUT2D eigenvalue weighted by Gasteiger charge is -2.09. The molecule has 0 bridgehead atoms. The van der Waals surface area contributed by atoms with Gasteiger partial charge in [-0.1, -0.05) is 0 Å². The highest BCUT2D eigenvalue weighted by Crippen LogP contribution is 2.26. The second-order valence-corrected chi connectivity index (χ2v) is 4.14. The summed E-state index contributed by atoms with van der Waals surface area (Å²) in [6.45, 7) is 0.988. The molecule has 1 aromatic carbocycles. The Kier molecular flexibility index (Phi) is 5.05. The van der Waals surface area contributed by atoms with Crippen LogP contribution in [0.2, 0.25) is 0 Å². The van der Waals surface area contributed by atoms with Crippen LogP contribution < -0.4 is 10.1 Å². The molecule has 7 heteroatoms. The number of hydrogen-bond acceptors (Lipinski definition) is 6. The van der Waals surface area contributed by atoms with Crippen molar-refractivity contribution < 1.29 is 14.4 Å². The zero-order valence-corrected chi connectivity index (χ0v) is 11.5. The second-order valence-electron chi connectivity index (χ2n) is 4.14. The van der Waals surface area contributed by atoms with Gasteiger partial charge in [-0.3, -0.25) is 15.1 Å². The molecular formula is C14H15N3O4. The van der Waals surface area contributed by atoms with Crippen molar-refractivity contribution in [2.24, 2.45) is 0 Å². The quantitative estimate of drug-likeness (QED) is 0.479. The van der Waals surface area contributed by atoms with Gasteiger partial charge in [-0.15, -0.1) is 0 Å². The Hall–Kier alpha value is -2.67. The highest BCUT2D eigenvalue weighted by Gasteiger charge is 2.13. The van der Waals surface area contributed by atoms with E-state index >= 15 is 0 Å². The molecule has 7 nitrogen and oxygen atoms in total. The minimum Gasteiger partial charge on any atom is -0.491 e. The van der Waals surface area contributed by atoms with Crippen molar-refractivity contribution in [3.63, 3.8) is 0 Å². The predicted molar refractivity (Wildman–Crippen MR) is 78.0 cm³/mol. The highest BCUT2D eigenvalue weighted by molar-refractivity contribution is 5.68. The summed E-state index contributed by atoms with van der Waals surface area (Å²) >= 11 is 0. The lowest BCUT2D eigenvalue weighted by molar-refractivity contribution is -0.384. The van der Waals surface area contributed by atoms with Gasteiger partial charge >= 0.3 is 5.69 Å². The highest BCUT2D eigenvalue weighted by atomic mass is 16.6. The fourth-order valence-corrected chi connectivity index (χ4v) is 1.67. The molecule has 0 unspecified atom stereocenters. The van der Waals surface area contributed by atoms with Crippen LogP contribution in [-0.4, -0.2) is 30.2 Å². The van der Waals surface area contributed by atoms with E-state index in [1.165, 1.54) is 12.4 Å². The van der Waals surface area contributed by atoms with Crippen molar-refractivity contribution in [1.82, 2.24) is 4.98 Å². The van der Waals surface area contributed by atoms with E-state index in [9.17, 15) is 10.1 Å². The SMILES string of the molecule is COCCOc1ccc(Nc2ccncc2[N+](=O)[O-])cc1. The third kappa shape index (κ3) is 4.15. The maximum atomic E-state index is 10.9. The summed E-state index contributed by atoms with van der Waals surface area (Å²) in [6.07, 6.45) is 2.71. The standard InChI is InChI=1S/C14H15N3O4/c1-20-8-9-21-12-4-2-11(3-5-12)16-13-6-7-15-10-14(13)17(18)19/h2-7,10H,8-9H2,1H3,(H,15,16). The number of pyridine rings is 1. The number of ether oxygens (including phenoxy) is 2.